The van der Waals surface area contributed by atoms with Crippen molar-refractivity contribution in [2.24, 2.45) is 0 Å². The van der Waals surface area contributed by atoms with Gasteiger partial charge in [-0.3, -0.25) is 0 Å². The van der Waals surface area contributed by atoms with Crippen LogP contribution >= 0.6 is 0 Å². The average Bonchev–Trinajstić information content (AvgIpc) is 3.79. The highest BCUT2D eigenvalue weighted by molar-refractivity contribution is 5.47. The van der Waals surface area contributed by atoms with Crippen LogP contribution in [-0.2, 0) is 48.0 Å². The fourth-order valence-corrected chi connectivity index (χ4v) is 4.71. The Hall–Kier alpha value is -2.04. The quantitative estimate of drug-likeness (QED) is 0.299. The Kier molecular flexibility index (Phi) is 8.91. The minimum Gasteiger partial charge on any atom is -0.493 e. The normalized spacial score (nSPS) is 18.7. The largest absolute Gasteiger partial charge is 0.493 e. The van der Waals surface area contributed by atoms with E-state index in [9.17, 15) is 0 Å². The van der Waals surface area contributed by atoms with Gasteiger partial charge in [0, 0.05) is 12.8 Å². The highest BCUT2D eigenvalue weighted by Crippen LogP contribution is 2.31. The van der Waals surface area contributed by atoms with Crippen LogP contribution in [0.3, 0.4) is 0 Å². The van der Waals surface area contributed by atoms with Gasteiger partial charge in [0.05, 0.1) is 38.6 Å². The standard InChI is InChI=1S/C30H42O4/c1-5-23-15-21(16-24(6-2)29(23)31-13-11-27-19-33-27)9-10-22-17-25(7-3)30(26(8-4)18-22)32-14-12-28-20-34-28/h15-18,27-28H,5-14,19-20H2,1-4H3. The predicted molar refractivity (Wildman–Crippen MR) is 138 cm³/mol. The van der Waals surface area contributed by atoms with E-state index in [1.807, 2.05) is 0 Å². The van der Waals surface area contributed by atoms with E-state index in [1.165, 1.54) is 33.4 Å². The Morgan fingerprint density at radius 3 is 1.21 bits per heavy atom. The van der Waals surface area contributed by atoms with Gasteiger partial charge in [-0.15, -0.1) is 0 Å². The van der Waals surface area contributed by atoms with Crippen molar-refractivity contribution in [1.82, 2.24) is 0 Å². The summed E-state index contributed by atoms with van der Waals surface area (Å²) in [6.45, 7) is 12.2. The zero-order valence-electron chi connectivity index (χ0n) is 21.6. The fourth-order valence-electron chi connectivity index (χ4n) is 4.71. The second-order valence-corrected chi connectivity index (χ2v) is 9.59. The summed E-state index contributed by atoms with van der Waals surface area (Å²) in [5.41, 5.74) is 8.15. The van der Waals surface area contributed by atoms with Crippen LogP contribution in [0.4, 0.5) is 0 Å². The van der Waals surface area contributed by atoms with Gasteiger partial charge in [-0.1, -0.05) is 52.0 Å². The number of benzene rings is 2. The van der Waals surface area contributed by atoms with Crippen LogP contribution in [-0.4, -0.2) is 38.6 Å². The number of rotatable bonds is 15. The first-order valence-electron chi connectivity index (χ1n) is 13.4. The highest BCUT2D eigenvalue weighted by Gasteiger charge is 2.23. The van der Waals surface area contributed by atoms with Crippen molar-refractivity contribution >= 4 is 0 Å². The lowest BCUT2D eigenvalue weighted by atomic mass is 9.94. The van der Waals surface area contributed by atoms with Gasteiger partial charge in [-0.05, 0) is 71.9 Å². The maximum absolute atomic E-state index is 6.24. The Balaban J connectivity index is 1.44. The molecule has 0 saturated carbocycles. The van der Waals surface area contributed by atoms with Crippen LogP contribution in [0, 0.1) is 0 Å². The third-order valence-electron chi connectivity index (χ3n) is 7.01. The number of epoxide rings is 2. The summed E-state index contributed by atoms with van der Waals surface area (Å²) >= 11 is 0. The van der Waals surface area contributed by atoms with Gasteiger partial charge in [-0.25, -0.2) is 0 Å². The topological polar surface area (TPSA) is 43.5 Å². The van der Waals surface area contributed by atoms with E-state index in [1.54, 1.807) is 0 Å². The van der Waals surface area contributed by atoms with E-state index in [0.717, 1.165) is 89.3 Å². The van der Waals surface area contributed by atoms with Crippen molar-refractivity contribution in [3.05, 3.63) is 57.6 Å². The Bertz CT molecular complexity index is 815. The lowest BCUT2D eigenvalue weighted by Crippen LogP contribution is -2.07. The molecule has 0 N–H and O–H groups in total. The maximum Gasteiger partial charge on any atom is 0.125 e. The molecule has 2 saturated heterocycles. The molecule has 2 unspecified atom stereocenters. The monoisotopic (exact) mass is 466 g/mol. The molecule has 2 heterocycles. The molecule has 2 aliphatic heterocycles. The Labute approximate surface area is 205 Å². The predicted octanol–water partition coefficient (Wildman–Crippen LogP) is 6.06. The number of hydrogen-bond donors (Lipinski definition) is 0. The van der Waals surface area contributed by atoms with Crippen LogP contribution < -0.4 is 9.47 Å². The van der Waals surface area contributed by atoms with Gasteiger partial charge in [0.2, 0.25) is 0 Å². The smallest absolute Gasteiger partial charge is 0.125 e. The SMILES string of the molecule is CCc1cc(CCc2cc(CC)c(OCCC3CO3)c(CC)c2)cc(CC)c1OCCC1CO1. The summed E-state index contributed by atoms with van der Waals surface area (Å²) in [6.07, 6.45) is 8.87. The zero-order chi connectivity index (χ0) is 23.9. The van der Waals surface area contributed by atoms with Crippen molar-refractivity contribution in [3.8, 4) is 11.5 Å². The molecule has 0 aliphatic carbocycles. The van der Waals surface area contributed by atoms with Crippen LogP contribution in [0.15, 0.2) is 24.3 Å². The van der Waals surface area contributed by atoms with Crippen molar-refractivity contribution in [1.29, 1.82) is 0 Å². The van der Waals surface area contributed by atoms with Crippen molar-refractivity contribution in [2.75, 3.05) is 26.4 Å². The molecule has 2 atom stereocenters. The molecule has 186 valence electrons. The molecule has 4 rings (SSSR count). The number of hydrogen-bond acceptors (Lipinski definition) is 4. The lowest BCUT2D eigenvalue weighted by Gasteiger charge is -2.18. The summed E-state index contributed by atoms with van der Waals surface area (Å²) in [5.74, 6) is 2.21. The molecule has 0 amide bonds. The second-order valence-electron chi connectivity index (χ2n) is 9.59. The van der Waals surface area contributed by atoms with Crippen molar-refractivity contribution in [3.63, 3.8) is 0 Å². The molecule has 0 spiro atoms. The highest BCUT2D eigenvalue weighted by atomic mass is 16.6. The molecule has 2 aromatic carbocycles. The molecule has 0 bridgehead atoms. The van der Waals surface area contributed by atoms with Gasteiger partial charge in [-0.2, -0.15) is 0 Å². The molecular weight excluding hydrogens is 424 g/mol. The minimum absolute atomic E-state index is 0.416. The fraction of sp³-hybridized carbons (Fsp3) is 0.600. The summed E-state index contributed by atoms with van der Waals surface area (Å²) in [7, 11) is 0. The Morgan fingerprint density at radius 1 is 0.618 bits per heavy atom. The van der Waals surface area contributed by atoms with Crippen LogP contribution in [0.2, 0.25) is 0 Å². The molecule has 2 aliphatic rings. The van der Waals surface area contributed by atoms with Crippen molar-refractivity contribution in [2.45, 2.75) is 91.3 Å². The van der Waals surface area contributed by atoms with Gasteiger partial charge in [0.25, 0.3) is 0 Å². The van der Waals surface area contributed by atoms with E-state index in [4.69, 9.17) is 18.9 Å². The van der Waals surface area contributed by atoms with Crippen LogP contribution in [0.5, 0.6) is 11.5 Å². The number of ether oxygens (including phenoxy) is 4. The molecule has 0 radical (unpaired) electrons. The third kappa shape index (κ3) is 6.76. The molecule has 4 nitrogen and oxygen atoms in total. The zero-order valence-corrected chi connectivity index (χ0v) is 21.6. The van der Waals surface area contributed by atoms with E-state index < -0.39 is 0 Å². The number of aryl methyl sites for hydroxylation is 6. The second kappa shape index (κ2) is 12.1. The van der Waals surface area contributed by atoms with E-state index in [2.05, 4.69) is 52.0 Å². The van der Waals surface area contributed by atoms with Crippen molar-refractivity contribution < 1.29 is 18.9 Å². The van der Waals surface area contributed by atoms with Gasteiger partial charge < -0.3 is 18.9 Å². The Morgan fingerprint density at radius 2 is 0.941 bits per heavy atom. The van der Waals surface area contributed by atoms with Gasteiger partial charge in [0.15, 0.2) is 0 Å². The lowest BCUT2D eigenvalue weighted by molar-refractivity contribution is 0.278. The van der Waals surface area contributed by atoms with E-state index in [-0.39, 0.29) is 0 Å². The first kappa shape index (κ1) is 25.1. The molecule has 4 heteroatoms. The van der Waals surface area contributed by atoms with E-state index in [0.29, 0.717) is 12.2 Å². The molecule has 34 heavy (non-hydrogen) atoms. The third-order valence-corrected chi connectivity index (χ3v) is 7.01. The van der Waals surface area contributed by atoms with Crippen LogP contribution in [0.1, 0.15) is 73.9 Å². The summed E-state index contributed by atoms with van der Waals surface area (Å²) in [6, 6.07) is 9.45. The molecular formula is C30H42O4. The molecule has 2 aromatic rings. The average molecular weight is 467 g/mol. The first-order valence-corrected chi connectivity index (χ1v) is 13.4. The van der Waals surface area contributed by atoms with E-state index >= 15 is 0 Å². The summed E-state index contributed by atoms with van der Waals surface area (Å²) < 4.78 is 23.1. The van der Waals surface area contributed by atoms with Gasteiger partial charge >= 0.3 is 0 Å². The van der Waals surface area contributed by atoms with Crippen LogP contribution in [0.25, 0.3) is 0 Å². The first-order chi connectivity index (χ1) is 16.6. The maximum atomic E-state index is 6.24. The molecule has 0 aromatic heterocycles. The summed E-state index contributed by atoms with van der Waals surface area (Å²) in [4.78, 5) is 0. The summed E-state index contributed by atoms with van der Waals surface area (Å²) in [5, 5.41) is 0. The van der Waals surface area contributed by atoms with Gasteiger partial charge in [0.1, 0.15) is 11.5 Å². The minimum atomic E-state index is 0.416. The molecule has 2 fully saturated rings.